The average molecular weight is 332 g/mol. The van der Waals surface area contributed by atoms with Crippen LogP contribution in [-0.4, -0.2) is 22.4 Å². The second-order valence-corrected chi connectivity index (χ2v) is 6.51. The van der Waals surface area contributed by atoms with Gasteiger partial charge in [-0.1, -0.05) is 6.07 Å². The molecule has 0 bridgehead atoms. The van der Waals surface area contributed by atoms with E-state index in [4.69, 9.17) is 0 Å². The molecule has 1 atom stereocenters. The highest BCUT2D eigenvalue weighted by Crippen LogP contribution is 2.19. The SMILES string of the molecule is O=C(NCc1cccs1)NCC(c1ccsc1)n1cccn1. The number of thiophene rings is 2. The van der Waals surface area contributed by atoms with E-state index >= 15 is 0 Å². The second-order valence-electron chi connectivity index (χ2n) is 4.70. The molecule has 0 saturated heterocycles. The standard InChI is InChI=1S/C15H16N4OS2/c20-15(16-9-13-3-1-7-22-13)17-10-14(12-4-8-21-11-12)19-6-2-5-18-19/h1-8,11,14H,9-10H2,(H2,16,17,20). The molecule has 3 aromatic heterocycles. The summed E-state index contributed by atoms with van der Waals surface area (Å²) in [6.07, 6.45) is 3.66. The predicted molar refractivity (Wildman–Crippen MR) is 89.2 cm³/mol. The lowest BCUT2D eigenvalue weighted by molar-refractivity contribution is 0.239. The molecule has 0 aliphatic heterocycles. The maximum atomic E-state index is 11.9. The maximum Gasteiger partial charge on any atom is 0.315 e. The molecule has 2 amide bonds. The monoisotopic (exact) mass is 332 g/mol. The fraction of sp³-hybridized carbons (Fsp3) is 0.200. The Bertz CT molecular complexity index is 643. The first-order valence-electron chi connectivity index (χ1n) is 6.88. The quantitative estimate of drug-likeness (QED) is 0.729. The van der Waals surface area contributed by atoms with E-state index in [1.807, 2.05) is 39.8 Å². The molecule has 0 radical (unpaired) electrons. The Labute approximate surface area is 136 Å². The summed E-state index contributed by atoms with van der Waals surface area (Å²) in [6.45, 7) is 1.04. The molecule has 0 fully saturated rings. The van der Waals surface area contributed by atoms with Gasteiger partial charge in [0.05, 0.1) is 12.6 Å². The number of urea groups is 1. The number of rotatable bonds is 6. The number of aromatic nitrogens is 2. The minimum Gasteiger partial charge on any atom is -0.336 e. The van der Waals surface area contributed by atoms with Gasteiger partial charge in [-0.05, 0) is 39.9 Å². The van der Waals surface area contributed by atoms with Crippen LogP contribution in [0.25, 0.3) is 0 Å². The first-order chi connectivity index (χ1) is 10.8. The predicted octanol–water partition coefficient (Wildman–Crippen LogP) is 3.09. The summed E-state index contributed by atoms with van der Waals surface area (Å²) in [4.78, 5) is 13.1. The first-order valence-corrected chi connectivity index (χ1v) is 8.70. The Morgan fingerprint density at radius 1 is 1.27 bits per heavy atom. The maximum absolute atomic E-state index is 11.9. The van der Waals surface area contributed by atoms with Crippen LogP contribution in [0.1, 0.15) is 16.5 Å². The lowest BCUT2D eigenvalue weighted by atomic mass is 10.1. The third-order valence-electron chi connectivity index (χ3n) is 3.23. The summed E-state index contributed by atoms with van der Waals surface area (Å²) in [7, 11) is 0. The number of carbonyl (C=O) groups is 1. The average Bonchev–Trinajstić information content (AvgIpc) is 3.27. The van der Waals surface area contributed by atoms with Crippen molar-refractivity contribution in [3.8, 4) is 0 Å². The van der Waals surface area contributed by atoms with Gasteiger partial charge in [0, 0.05) is 23.8 Å². The molecular formula is C15H16N4OS2. The molecule has 7 heteroatoms. The summed E-state index contributed by atoms with van der Waals surface area (Å²) in [5, 5.41) is 16.2. The van der Waals surface area contributed by atoms with Crippen LogP contribution in [-0.2, 0) is 6.54 Å². The van der Waals surface area contributed by atoms with Gasteiger partial charge < -0.3 is 10.6 Å². The Balaban J connectivity index is 1.56. The van der Waals surface area contributed by atoms with Gasteiger partial charge in [-0.3, -0.25) is 4.68 Å². The van der Waals surface area contributed by atoms with Crippen molar-refractivity contribution in [1.82, 2.24) is 20.4 Å². The molecule has 3 heterocycles. The van der Waals surface area contributed by atoms with Crippen molar-refractivity contribution in [2.24, 2.45) is 0 Å². The molecule has 5 nitrogen and oxygen atoms in total. The van der Waals surface area contributed by atoms with Crippen LogP contribution < -0.4 is 10.6 Å². The first kappa shape index (κ1) is 14.8. The van der Waals surface area contributed by atoms with E-state index in [-0.39, 0.29) is 12.1 Å². The molecular weight excluding hydrogens is 316 g/mol. The third-order valence-corrected chi connectivity index (χ3v) is 4.81. The smallest absolute Gasteiger partial charge is 0.315 e. The normalized spacial score (nSPS) is 12.0. The molecule has 0 aliphatic carbocycles. The summed E-state index contributed by atoms with van der Waals surface area (Å²) >= 11 is 3.27. The molecule has 114 valence electrons. The Morgan fingerprint density at radius 2 is 2.23 bits per heavy atom. The van der Waals surface area contributed by atoms with E-state index in [2.05, 4.69) is 27.2 Å². The van der Waals surface area contributed by atoms with Gasteiger partial charge in [-0.15, -0.1) is 11.3 Å². The lowest BCUT2D eigenvalue weighted by Gasteiger charge is -2.17. The molecule has 0 saturated carbocycles. The van der Waals surface area contributed by atoms with Crippen LogP contribution in [0.5, 0.6) is 0 Å². The van der Waals surface area contributed by atoms with Crippen molar-refractivity contribution in [3.05, 3.63) is 63.2 Å². The number of hydrogen-bond donors (Lipinski definition) is 2. The Kier molecular flexibility index (Phi) is 4.87. The van der Waals surface area contributed by atoms with Crippen LogP contribution in [0, 0.1) is 0 Å². The van der Waals surface area contributed by atoms with Crippen molar-refractivity contribution in [1.29, 1.82) is 0 Å². The summed E-state index contributed by atoms with van der Waals surface area (Å²) in [5.74, 6) is 0. The third kappa shape index (κ3) is 3.75. The van der Waals surface area contributed by atoms with Gasteiger partial charge in [0.15, 0.2) is 0 Å². The topological polar surface area (TPSA) is 59.0 Å². The van der Waals surface area contributed by atoms with E-state index in [1.165, 1.54) is 0 Å². The largest absolute Gasteiger partial charge is 0.336 e. The molecule has 0 aliphatic rings. The molecule has 0 aromatic carbocycles. The van der Waals surface area contributed by atoms with Crippen LogP contribution in [0.3, 0.4) is 0 Å². The van der Waals surface area contributed by atoms with Gasteiger partial charge in [0.25, 0.3) is 0 Å². The molecule has 3 aromatic rings. The van der Waals surface area contributed by atoms with Crippen molar-refractivity contribution in [2.45, 2.75) is 12.6 Å². The lowest BCUT2D eigenvalue weighted by Crippen LogP contribution is -2.38. The van der Waals surface area contributed by atoms with Crippen molar-refractivity contribution in [3.63, 3.8) is 0 Å². The van der Waals surface area contributed by atoms with E-state index in [0.717, 1.165) is 10.4 Å². The van der Waals surface area contributed by atoms with Crippen LogP contribution in [0.2, 0.25) is 0 Å². The highest BCUT2D eigenvalue weighted by molar-refractivity contribution is 7.09. The summed E-state index contributed by atoms with van der Waals surface area (Å²) in [6, 6.07) is 7.76. The summed E-state index contributed by atoms with van der Waals surface area (Å²) in [5.41, 5.74) is 1.15. The van der Waals surface area contributed by atoms with Crippen LogP contribution >= 0.6 is 22.7 Å². The molecule has 22 heavy (non-hydrogen) atoms. The minimum absolute atomic E-state index is 0.00809. The summed E-state index contributed by atoms with van der Waals surface area (Å²) < 4.78 is 1.86. The number of nitrogens with one attached hydrogen (secondary N) is 2. The van der Waals surface area contributed by atoms with E-state index in [0.29, 0.717) is 13.1 Å². The van der Waals surface area contributed by atoms with E-state index < -0.39 is 0 Å². The van der Waals surface area contributed by atoms with Gasteiger partial charge >= 0.3 is 6.03 Å². The molecule has 3 rings (SSSR count). The van der Waals surface area contributed by atoms with E-state index in [1.54, 1.807) is 28.9 Å². The zero-order valence-corrected chi connectivity index (χ0v) is 13.4. The van der Waals surface area contributed by atoms with Gasteiger partial charge in [0.1, 0.15) is 0 Å². The number of nitrogens with zero attached hydrogens (tertiary/aromatic N) is 2. The van der Waals surface area contributed by atoms with Crippen LogP contribution in [0.15, 0.2) is 52.8 Å². The van der Waals surface area contributed by atoms with Crippen molar-refractivity contribution >= 4 is 28.7 Å². The fourth-order valence-corrected chi connectivity index (χ4v) is 3.48. The highest BCUT2D eigenvalue weighted by Gasteiger charge is 2.15. The van der Waals surface area contributed by atoms with Crippen LogP contribution in [0.4, 0.5) is 4.79 Å². The Hall–Kier alpha value is -2.12. The molecule has 1 unspecified atom stereocenters. The van der Waals surface area contributed by atoms with Crippen molar-refractivity contribution in [2.75, 3.05) is 6.54 Å². The number of amides is 2. The molecule has 0 spiro atoms. The second kappa shape index (κ2) is 7.24. The minimum atomic E-state index is -0.166. The fourth-order valence-electron chi connectivity index (χ4n) is 2.13. The number of hydrogen-bond acceptors (Lipinski definition) is 4. The number of carbonyl (C=O) groups excluding carboxylic acids is 1. The zero-order chi connectivity index (χ0) is 15.2. The van der Waals surface area contributed by atoms with Gasteiger partial charge in [-0.2, -0.15) is 16.4 Å². The Morgan fingerprint density at radius 3 is 2.91 bits per heavy atom. The van der Waals surface area contributed by atoms with Gasteiger partial charge in [0.2, 0.25) is 0 Å². The zero-order valence-electron chi connectivity index (χ0n) is 11.8. The molecule has 2 N–H and O–H groups in total. The van der Waals surface area contributed by atoms with Gasteiger partial charge in [-0.25, -0.2) is 4.79 Å². The van der Waals surface area contributed by atoms with Crippen molar-refractivity contribution < 1.29 is 4.79 Å². The highest BCUT2D eigenvalue weighted by atomic mass is 32.1. The van der Waals surface area contributed by atoms with E-state index in [9.17, 15) is 4.79 Å².